The van der Waals surface area contributed by atoms with Crippen molar-refractivity contribution in [2.45, 2.75) is 44.3 Å². The van der Waals surface area contributed by atoms with Crippen LogP contribution in [0.15, 0.2) is 39.5 Å². The number of alkyl halides is 1. The van der Waals surface area contributed by atoms with Gasteiger partial charge in [0.05, 0.1) is 11.1 Å². The molecule has 2 aromatic carbocycles. The highest BCUT2D eigenvalue weighted by Gasteiger charge is 2.49. The number of phenolic OH excluding ortho intramolecular Hbond substituents is 1. The molecule has 0 radical (unpaired) electrons. The highest BCUT2D eigenvalue weighted by atomic mass is 19.1. The molecule has 2 atom stereocenters. The summed E-state index contributed by atoms with van der Waals surface area (Å²) in [4.78, 5) is 39.1. The molecule has 3 aliphatic rings. The van der Waals surface area contributed by atoms with E-state index in [-0.39, 0.29) is 64.1 Å². The summed E-state index contributed by atoms with van der Waals surface area (Å²) in [6, 6.07) is 7.31. The number of rotatable bonds is 5. The molecular formula is C31H31F2N5O5. The molecule has 0 saturated carbocycles. The van der Waals surface area contributed by atoms with Crippen molar-refractivity contribution in [3.63, 3.8) is 0 Å². The smallest absolute Gasteiger partial charge is 0.349 e. The summed E-state index contributed by atoms with van der Waals surface area (Å²) >= 11 is 0. The second-order valence-corrected chi connectivity index (χ2v) is 11.7. The Bertz CT molecular complexity index is 1830. The Morgan fingerprint density at radius 3 is 2.91 bits per heavy atom. The second kappa shape index (κ2) is 10.4. The maximum absolute atomic E-state index is 15.1. The first kappa shape index (κ1) is 27.5. The highest BCUT2D eigenvalue weighted by Crippen LogP contribution is 2.41. The average molecular weight is 592 g/mol. The number of benzene rings is 2. The van der Waals surface area contributed by atoms with Crippen LogP contribution < -0.4 is 20.6 Å². The average Bonchev–Trinajstić information content (AvgIpc) is 3.41. The number of aromatic hydroxyl groups is 1. The van der Waals surface area contributed by atoms with E-state index in [1.165, 1.54) is 24.3 Å². The topological polar surface area (TPSA) is 121 Å². The van der Waals surface area contributed by atoms with Gasteiger partial charge in [-0.15, -0.1) is 0 Å². The van der Waals surface area contributed by atoms with Crippen LogP contribution >= 0.6 is 0 Å². The van der Waals surface area contributed by atoms with Gasteiger partial charge in [0, 0.05) is 55.5 Å². The minimum Gasteiger partial charge on any atom is -0.508 e. The molecule has 43 heavy (non-hydrogen) atoms. The molecule has 224 valence electrons. The largest absolute Gasteiger partial charge is 0.508 e. The SMILES string of the molecule is Cc1c(-c2cc(O)cc3cccc(F)c23)oc(=O)c2c(N3CCNC(=O)CC3)nc(OC[C@@]34CCCN3C[C@H](F)C4)nc12. The molecule has 3 aliphatic heterocycles. The number of phenols is 1. The number of aromatic nitrogens is 2. The molecule has 10 nitrogen and oxygen atoms in total. The minimum absolute atomic E-state index is 0.0150. The number of ether oxygens (including phenoxy) is 1. The van der Waals surface area contributed by atoms with E-state index in [9.17, 15) is 19.1 Å². The zero-order valence-corrected chi connectivity index (χ0v) is 23.7. The van der Waals surface area contributed by atoms with Crippen molar-refractivity contribution in [1.29, 1.82) is 0 Å². The standard InChI is InChI=1S/C31H31F2N5O5/c1-17-26-25(29(41)43-27(17)21-13-20(39)12-18-4-2-5-22(33)24(18)21)28(37-10-6-23(40)34-8-11-37)36-30(35-26)42-16-31-7-3-9-38(31)15-19(32)14-31/h2,4-5,12-13,19,39H,3,6-11,14-16H2,1H3,(H,34,40)/t19-,31+/m1/s1. The normalized spacial score (nSPS) is 22.6. The Morgan fingerprint density at radius 2 is 2.05 bits per heavy atom. The Hall–Kier alpha value is -4.32. The lowest BCUT2D eigenvalue weighted by Gasteiger charge is -2.31. The Labute approximate surface area is 245 Å². The van der Waals surface area contributed by atoms with Gasteiger partial charge in [0.1, 0.15) is 35.5 Å². The number of carbonyl (C=O) groups is 1. The first-order valence-corrected chi connectivity index (χ1v) is 14.5. The van der Waals surface area contributed by atoms with Gasteiger partial charge < -0.3 is 24.5 Å². The zero-order chi connectivity index (χ0) is 29.9. The summed E-state index contributed by atoms with van der Waals surface area (Å²) in [5.74, 6) is -0.437. The lowest BCUT2D eigenvalue weighted by atomic mass is 9.95. The second-order valence-electron chi connectivity index (χ2n) is 11.7. The van der Waals surface area contributed by atoms with Crippen molar-refractivity contribution in [3.8, 4) is 23.1 Å². The van der Waals surface area contributed by atoms with Crippen LogP contribution in [0.4, 0.5) is 14.6 Å². The van der Waals surface area contributed by atoms with Gasteiger partial charge in [0.15, 0.2) is 5.82 Å². The van der Waals surface area contributed by atoms with Crippen molar-refractivity contribution in [3.05, 3.63) is 52.1 Å². The lowest BCUT2D eigenvalue weighted by Crippen LogP contribution is -2.43. The third-order valence-corrected chi connectivity index (χ3v) is 8.96. The summed E-state index contributed by atoms with van der Waals surface area (Å²) in [5.41, 5.74) is -0.307. The fourth-order valence-electron chi connectivity index (χ4n) is 6.94. The summed E-state index contributed by atoms with van der Waals surface area (Å²) in [5, 5.41) is 14.0. The van der Waals surface area contributed by atoms with E-state index in [1.54, 1.807) is 13.0 Å². The molecule has 12 heteroatoms. The molecule has 3 fully saturated rings. The Balaban J connectivity index is 1.40. The quantitative estimate of drug-likeness (QED) is 0.357. The number of nitrogens with one attached hydrogen (secondary N) is 1. The summed E-state index contributed by atoms with van der Waals surface area (Å²) in [6.07, 6.45) is 1.40. The Morgan fingerprint density at radius 1 is 1.19 bits per heavy atom. The van der Waals surface area contributed by atoms with Crippen LogP contribution in [-0.4, -0.2) is 76.9 Å². The van der Waals surface area contributed by atoms with E-state index in [1.807, 2.05) is 4.90 Å². The number of nitrogens with zero attached hydrogens (tertiary/aromatic N) is 4. The van der Waals surface area contributed by atoms with Gasteiger partial charge in [-0.05, 0) is 49.9 Å². The molecule has 5 heterocycles. The van der Waals surface area contributed by atoms with E-state index < -0.39 is 23.2 Å². The van der Waals surface area contributed by atoms with E-state index >= 15 is 4.39 Å². The molecule has 2 aromatic heterocycles. The number of anilines is 1. The minimum atomic E-state index is -0.925. The monoisotopic (exact) mass is 591 g/mol. The third kappa shape index (κ3) is 4.73. The third-order valence-electron chi connectivity index (χ3n) is 8.96. The number of hydrogen-bond acceptors (Lipinski definition) is 9. The van der Waals surface area contributed by atoms with Gasteiger partial charge in [-0.1, -0.05) is 12.1 Å². The van der Waals surface area contributed by atoms with Crippen LogP contribution in [0.1, 0.15) is 31.2 Å². The number of carbonyl (C=O) groups excluding carboxylic acids is 1. The number of halogens is 2. The summed E-state index contributed by atoms with van der Waals surface area (Å²) < 4.78 is 41.6. The van der Waals surface area contributed by atoms with Crippen LogP contribution in [0.2, 0.25) is 0 Å². The first-order valence-electron chi connectivity index (χ1n) is 14.5. The number of fused-ring (bicyclic) bond motifs is 3. The maximum Gasteiger partial charge on any atom is 0.349 e. The first-order chi connectivity index (χ1) is 20.7. The molecule has 2 N–H and O–H groups in total. The van der Waals surface area contributed by atoms with Gasteiger partial charge in [0.2, 0.25) is 5.91 Å². The fourth-order valence-corrected chi connectivity index (χ4v) is 6.94. The number of hydrogen-bond donors (Lipinski definition) is 2. The van der Waals surface area contributed by atoms with Crippen LogP contribution in [-0.2, 0) is 4.79 Å². The molecule has 7 rings (SSSR count). The number of amides is 1. The van der Waals surface area contributed by atoms with Crippen molar-refractivity contribution >= 4 is 33.4 Å². The van der Waals surface area contributed by atoms with Crippen molar-refractivity contribution in [2.75, 3.05) is 44.2 Å². The molecule has 0 spiro atoms. The van der Waals surface area contributed by atoms with Crippen LogP contribution in [0.25, 0.3) is 33.0 Å². The summed E-state index contributed by atoms with van der Waals surface area (Å²) in [6.45, 7) is 4.12. The van der Waals surface area contributed by atoms with Crippen molar-refractivity contribution < 1.29 is 27.8 Å². The van der Waals surface area contributed by atoms with E-state index in [0.717, 1.165) is 19.4 Å². The van der Waals surface area contributed by atoms with Crippen molar-refractivity contribution in [1.82, 2.24) is 20.2 Å². The molecule has 0 aliphatic carbocycles. The number of aryl methyl sites for hydroxylation is 1. The lowest BCUT2D eigenvalue weighted by molar-refractivity contribution is -0.120. The van der Waals surface area contributed by atoms with E-state index in [4.69, 9.17) is 9.15 Å². The van der Waals surface area contributed by atoms with Crippen LogP contribution in [0, 0.1) is 12.7 Å². The van der Waals surface area contributed by atoms with Crippen LogP contribution in [0.5, 0.6) is 11.8 Å². The predicted octanol–water partition coefficient (Wildman–Crippen LogP) is 3.84. The van der Waals surface area contributed by atoms with Gasteiger partial charge in [-0.2, -0.15) is 9.97 Å². The Kier molecular flexibility index (Phi) is 6.68. The van der Waals surface area contributed by atoms with Crippen LogP contribution in [0.3, 0.4) is 0 Å². The van der Waals surface area contributed by atoms with E-state index in [2.05, 4.69) is 20.2 Å². The van der Waals surface area contributed by atoms with Gasteiger partial charge >= 0.3 is 11.6 Å². The predicted molar refractivity (Wildman–Crippen MR) is 156 cm³/mol. The summed E-state index contributed by atoms with van der Waals surface area (Å²) in [7, 11) is 0. The van der Waals surface area contributed by atoms with Gasteiger partial charge in [-0.3, -0.25) is 9.69 Å². The maximum atomic E-state index is 15.1. The molecule has 0 unspecified atom stereocenters. The van der Waals surface area contributed by atoms with Gasteiger partial charge in [0.25, 0.3) is 0 Å². The molecule has 4 aromatic rings. The zero-order valence-electron chi connectivity index (χ0n) is 23.7. The van der Waals surface area contributed by atoms with E-state index in [0.29, 0.717) is 43.5 Å². The fraction of sp³-hybridized carbons (Fsp3) is 0.419. The van der Waals surface area contributed by atoms with Crippen molar-refractivity contribution in [2.24, 2.45) is 0 Å². The molecule has 3 saturated heterocycles. The molecular weight excluding hydrogens is 560 g/mol. The molecule has 1 amide bonds. The molecule has 0 bridgehead atoms. The van der Waals surface area contributed by atoms with Gasteiger partial charge in [-0.25, -0.2) is 13.6 Å². The highest BCUT2D eigenvalue weighted by molar-refractivity contribution is 6.00.